The van der Waals surface area contributed by atoms with Crippen molar-refractivity contribution in [3.05, 3.63) is 64.1 Å². The highest BCUT2D eigenvalue weighted by molar-refractivity contribution is 9.10. The molecule has 0 heterocycles. The van der Waals surface area contributed by atoms with Crippen molar-refractivity contribution in [3.8, 4) is 0 Å². The zero-order valence-corrected chi connectivity index (χ0v) is 13.4. The van der Waals surface area contributed by atoms with Gasteiger partial charge in [-0.05, 0) is 23.3 Å². The van der Waals surface area contributed by atoms with E-state index in [0.29, 0.717) is 0 Å². The van der Waals surface area contributed by atoms with Crippen molar-refractivity contribution in [2.24, 2.45) is 0 Å². The van der Waals surface area contributed by atoms with Crippen LogP contribution >= 0.6 is 31.9 Å². The maximum atomic E-state index is 3.54. The lowest BCUT2D eigenvalue weighted by Crippen LogP contribution is -2.17. The molecular formula is C15H15Br2N. The summed E-state index contributed by atoms with van der Waals surface area (Å²) in [6.45, 7) is 0.914. The first-order valence-corrected chi connectivity index (χ1v) is 7.71. The van der Waals surface area contributed by atoms with Crippen molar-refractivity contribution in [2.75, 3.05) is 11.9 Å². The first kappa shape index (κ1) is 13.6. The van der Waals surface area contributed by atoms with Gasteiger partial charge in [0.2, 0.25) is 0 Å². The fourth-order valence-electron chi connectivity index (χ4n) is 1.95. The minimum Gasteiger partial charge on any atom is -0.370 e. The Hall–Kier alpha value is -0.800. The second-order valence-electron chi connectivity index (χ2n) is 4.25. The lowest BCUT2D eigenvalue weighted by molar-refractivity contribution is 0.916. The van der Waals surface area contributed by atoms with Gasteiger partial charge < -0.3 is 4.90 Å². The third-order valence-electron chi connectivity index (χ3n) is 2.87. The zero-order valence-electron chi connectivity index (χ0n) is 10.2. The van der Waals surface area contributed by atoms with Crippen molar-refractivity contribution >= 4 is 37.5 Å². The van der Waals surface area contributed by atoms with Gasteiger partial charge in [-0.25, -0.2) is 0 Å². The summed E-state index contributed by atoms with van der Waals surface area (Å²) in [6, 6.07) is 16.9. The van der Waals surface area contributed by atoms with Gasteiger partial charge in [-0.1, -0.05) is 68.3 Å². The topological polar surface area (TPSA) is 3.24 Å². The van der Waals surface area contributed by atoms with Gasteiger partial charge in [0.25, 0.3) is 0 Å². The lowest BCUT2D eigenvalue weighted by Gasteiger charge is -2.22. The van der Waals surface area contributed by atoms with Gasteiger partial charge in [0.15, 0.2) is 0 Å². The summed E-state index contributed by atoms with van der Waals surface area (Å²) >= 11 is 7.08. The molecule has 0 fully saturated rings. The maximum absolute atomic E-state index is 3.54. The first-order valence-electron chi connectivity index (χ1n) is 5.80. The van der Waals surface area contributed by atoms with E-state index < -0.39 is 0 Å². The van der Waals surface area contributed by atoms with Crippen LogP contribution in [0.5, 0.6) is 0 Å². The molecule has 18 heavy (non-hydrogen) atoms. The summed E-state index contributed by atoms with van der Waals surface area (Å²) in [7, 11) is 2.13. The number of halogens is 2. The number of benzene rings is 2. The molecule has 0 saturated heterocycles. The maximum Gasteiger partial charge on any atom is 0.0426 e. The largest absolute Gasteiger partial charge is 0.370 e. The molecular weight excluding hydrogens is 354 g/mol. The SMILES string of the molecule is CN(Cc1ccccc1)c1cc(Br)ccc1CBr. The van der Waals surface area contributed by atoms with Crippen LogP contribution in [0.4, 0.5) is 5.69 Å². The van der Waals surface area contributed by atoms with E-state index >= 15 is 0 Å². The summed E-state index contributed by atoms with van der Waals surface area (Å²) in [5.74, 6) is 0. The smallest absolute Gasteiger partial charge is 0.0426 e. The highest BCUT2D eigenvalue weighted by atomic mass is 79.9. The van der Waals surface area contributed by atoms with Crippen LogP contribution in [0.2, 0.25) is 0 Å². The Morgan fingerprint density at radius 2 is 1.78 bits per heavy atom. The summed E-state index contributed by atoms with van der Waals surface area (Å²) < 4.78 is 1.11. The number of rotatable bonds is 4. The van der Waals surface area contributed by atoms with Crippen molar-refractivity contribution in [2.45, 2.75) is 11.9 Å². The molecule has 3 heteroatoms. The first-order chi connectivity index (χ1) is 8.70. The summed E-state index contributed by atoms with van der Waals surface area (Å²) in [5, 5.41) is 0.870. The number of anilines is 1. The van der Waals surface area contributed by atoms with E-state index in [4.69, 9.17) is 0 Å². The van der Waals surface area contributed by atoms with Gasteiger partial charge >= 0.3 is 0 Å². The van der Waals surface area contributed by atoms with Gasteiger partial charge in [0.05, 0.1) is 0 Å². The molecule has 2 aromatic carbocycles. The summed E-state index contributed by atoms with van der Waals surface area (Å²) in [6.07, 6.45) is 0. The highest BCUT2D eigenvalue weighted by Crippen LogP contribution is 2.27. The molecule has 0 aliphatic rings. The van der Waals surface area contributed by atoms with E-state index in [9.17, 15) is 0 Å². The molecule has 0 atom stereocenters. The van der Waals surface area contributed by atoms with Crippen LogP contribution in [0.1, 0.15) is 11.1 Å². The minimum atomic E-state index is 0.870. The van der Waals surface area contributed by atoms with Crippen molar-refractivity contribution in [3.63, 3.8) is 0 Å². The molecule has 0 bridgehead atoms. The van der Waals surface area contributed by atoms with Crippen LogP contribution in [-0.2, 0) is 11.9 Å². The Morgan fingerprint density at radius 3 is 2.44 bits per heavy atom. The van der Waals surface area contributed by atoms with Crippen LogP contribution < -0.4 is 4.90 Å². The van der Waals surface area contributed by atoms with Gasteiger partial charge in [-0.2, -0.15) is 0 Å². The predicted molar refractivity (Wildman–Crippen MR) is 85.3 cm³/mol. The molecule has 0 amide bonds. The minimum absolute atomic E-state index is 0.870. The molecule has 0 unspecified atom stereocenters. The Bertz CT molecular complexity index is 511. The molecule has 0 N–H and O–H groups in total. The second kappa shape index (κ2) is 6.39. The van der Waals surface area contributed by atoms with Gasteiger partial charge in [-0.3, -0.25) is 0 Å². The van der Waals surface area contributed by atoms with E-state index in [2.05, 4.69) is 86.3 Å². The molecule has 0 saturated carbocycles. The molecule has 2 rings (SSSR count). The van der Waals surface area contributed by atoms with Crippen LogP contribution in [-0.4, -0.2) is 7.05 Å². The van der Waals surface area contributed by atoms with Crippen LogP contribution in [0.25, 0.3) is 0 Å². The number of nitrogens with zero attached hydrogens (tertiary/aromatic N) is 1. The Morgan fingerprint density at radius 1 is 1.06 bits per heavy atom. The van der Waals surface area contributed by atoms with Crippen LogP contribution in [0.15, 0.2) is 53.0 Å². The van der Waals surface area contributed by atoms with E-state index in [1.54, 1.807) is 0 Å². The molecule has 0 aromatic heterocycles. The van der Waals surface area contributed by atoms with Crippen molar-refractivity contribution < 1.29 is 0 Å². The predicted octanol–water partition coefficient (Wildman–Crippen LogP) is 4.98. The third-order valence-corrected chi connectivity index (χ3v) is 3.96. The van der Waals surface area contributed by atoms with E-state index in [1.165, 1.54) is 16.8 Å². The molecule has 0 radical (unpaired) electrons. The van der Waals surface area contributed by atoms with Gasteiger partial charge in [0, 0.05) is 29.1 Å². The average molecular weight is 369 g/mol. The highest BCUT2D eigenvalue weighted by Gasteiger charge is 2.08. The standard InChI is InChI=1S/C15H15Br2N/c1-18(11-12-5-3-2-4-6-12)15-9-14(17)8-7-13(15)10-16/h2-9H,10-11H2,1H3. The fourth-order valence-corrected chi connectivity index (χ4v) is 2.77. The Labute approximate surface area is 125 Å². The number of hydrogen-bond acceptors (Lipinski definition) is 1. The molecule has 1 nitrogen and oxygen atoms in total. The van der Waals surface area contributed by atoms with E-state index in [0.717, 1.165) is 16.3 Å². The van der Waals surface area contributed by atoms with E-state index in [1.807, 2.05) is 6.07 Å². The number of hydrogen-bond donors (Lipinski definition) is 0. The molecule has 94 valence electrons. The number of alkyl halides is 1. The zero-order chi connectivity index (χ0) is 13.0. The fraction of sp³-hybridized carbons (Fsp3) is 0.200. The van der Waals surface area contributed by atoms with E-state index in [-0.39, 0.29) is 0 Å². The molecule has 2 aromatic rings. The Kier molecular flexibility index (Phi) is 4.84. The lowest BCUT2D eigenvalue weighted by atomic mass is 10.1. The van der Waals surface area contributed by atoms with Gasteiger partial charge in [0.1, 0.15) is 0 Å². The van der Waals surface area contributed by atoms with Crippen LogP contribution in [0.3, 0.4) is 0 Å². The summed E-state index contributed by atoms with van der Waals surface area (Å²) in [5.41, 5.74) is 3.88. The third kappa shape index (κ3) is 3.36. The average Bonchev–Trinajstić information content (AvgIpc) is 2.40. The van der Waals surface area contributed by atoms with Crippen molar-refractivity contribution in [1.82, 2.24) is 0 Å². The second-order valence-corrected chi connectivity index (χ2v) is 5.72. The normalized spacial score (nSPS) is 10.4. The van der Waals surface area contributed by atoms with Crippen LogP contribution in [0, 0.1) is 0 Å². The molecule has 0 spiro atoms. The Balaban J connectivity index is 2.23. The molecule has 0 aliphatic carbocycles. The monoisotopic (exact) mass is 367 g/mol. The van der Waals surface area contributed by atoms with Gasteiger partial charge in [-0.15, -0.1) is 0 Å². The van der Waals surface area contributed by atoms with Crippen molar-refractivity contribution in [1.29, 1.82) is 0 Å². The quantitative estimate of drug-likeness (QED) is 0.688. The molecule has 0 aliphatic heterocycles. The summed E-state index contributed by atoms with van der Waals surface area (Å²) in [4.78, 5) is 2.27.